The highest BCUT2D eigenvalue weighted by molar-refractivity contribution is 5.99. The van der Waals surface area contributed by atoms with Crippen molar-refractivity contribution in [2.75, 3.05) is 12.4 Å². The number of esters is 1. The highest BCUT2D eigenvalue weighted by Crippen LogP contribution is 2.24. The summed E-state index contributed by atoms with van der Waals surface area (Å²) in [5.41, 5.74) is 0.498. The van der Waals surface area contributed by atoms with Crippen LogP contribution in [0.15, 0.2) is 42.5 Å². The standard InChI is InChI=1S/C18H16N2O5/c1-11(17(22)20-15-6-4-3-5-12(15)10-19)25-18(23)14-9-13(24-2)7-8-16(14)21/h3-9,11,21H,1-2H3,(H,20,22). The number of nitrogens with one attached hydrogen (secondary N) is 1. The van der Waals surface area contributed by atoms with Crippen molar-refractivity contribution >= 4 is 17.6 Å². The van der Waals surface area contributed by atoms with E-state index in [9.17, 15) is 14.7 Å². The number of amides is 1. The SMILES string of the molecule is COc1ccc(O)c(C(=O)OC(C)C(=O)Nc2ccccc2C#N)c1. The van der Waals surface area contributed by atoms with Gasteiger partial charge in [0.15, 0.2) is 6.10 Å². The lowest BCUT2D eigenvalue weighted by Gasteiger charge is -2.15. The van der Waals surface area contributed by atoms with E-state index in [0.717, 1.165) is 0 Å². The maximum Gasteiger partial charge on any atom is 0.342 e. The Morgan fingerprint density at radius 3 is 2.64 bits per heavy atom. The fourth-order valence-corrected chi connectivity index (χ4v) is 2.01. The Bertz CT molecular complexity index is 842. The van der Waals surface area contributed by atoms with Crippen LogP contribution in [0.2, 0.25) is 0 Å². The molecule has 0 aliphatic rings. The summed E-state index contributed by atoms with van der Waals surface area (Å²) in [5, 5.41) is 21.3. The van der Waals surface area contributed by atoms with Gasteiger partial charge < -0.3 is 19.9 Å². The molecule has 2 N–H and O–H groups in total. The summed E-state index contributed by atoms with van der Waals surface area (Å²) in [6.07, 6.45) is -1.13. The van der Waals surface area contributed by atoms with Gasteiger partial charge in [-0.15, -0.1) is 0 Å². The van der Waals surface area contributed by atoms with Crippen LogP contribution in [0, 0.1) is 11.3 Å². The first-order chi connectivity index (χ1) is 12.0. The van der Waals surface area contributed by atoms with Crippen LogP contribution in [0.4, 0.5) is 5.69 Å². The number of hydrogen-bond donors (Lipinski definition) is 2. The summed E-state index contributed by atoms with van der Waals surface area (Å²) >= 11 is 0. The molecule has 0 aliphatic carbocycles. The number of rotatable bonds is 5. The van der Waals surface area contributed by atoms with E-state index in [4.69, 9.17) is 14.7 Å². The maximum atomic E-state index is 12.2. The molecule has 0 saturated heterocycles. The number of ether oxygens (including phenoxy) is 2. The Labute approximate surface area is 144 Å². The van der Waals surface area contributed by atoms with Gasteiger partial charge in [-0.2, -0.15) is 5.26 Å². The lowest BCUT2D eigenvalue weighted by molar-refractivity contribution is -0.123. The molecule has 0 heterocycles. The van der Waals surface area contributed by atoms with Gasteiger partial charge in [-0.1, -0.05) is 12.1 Å². The van der Waals surface area contributed by atoms with Crippen LogP contribution in [0.3, 0.4) is 0 Å². The van der Waals surface area contributed by atoms with Crippen LogP contribution in [-0.4, -0.2) is 30.2 Å². The van der Waals surface area contributed by atoms with Crippen molar-refractivity contribution < 1.29 is 24.2 Å². The summed E-state index contributed by atoms with van der Waals surface area (Å²) in [4.78, 5) is 24.3. The first-order valence-electron chi connectivity index (χ1n) is 7.34. The van der Waals surface area contributed by atoms with Gasteiger partial charge in [-0.3, -0.25) is 4.79 Å². The molecule has 0 spiro atoms. The number of hydrogen-bond acceptors (Lipinski definition) is 6. The van der Waals surface area contributed by atoms with E-state index in [1.807, 2.05) is 6.07 Å². The van der Waals surface area contributed by atoms with Crippen molar-refractivity contribution in [1.82, 2.24) is 0 Å². The summed E-state index contributed by atoms with van der Waals surface area (Å²) < 4.78 is 10.1. The molecule has 0 aromatic heterocycles. The molecule has 2 aromatic rings. The molecule has 0 radical (unpaired) electrons. The predicted octanol–water partition coefficient (Wildman–Crippen LogP) is 2.46. The van der Waals surface area contributed by atoms with Crippen LogP contribution in [0.25, 0.3) is 0 Å². The van der Waals surface area contributed by atoms with Crippen molar-refractivity contribution in [1.29, 1.82) is 5.26 Å². The number of carbonyl (C=O) groups excluding carboxylic acids is 2. The van der Waals surface area contributed by atoms with E-state index in [2.05, 4.69) is 5.32 Å². The monoisotopic (exact) mass is 340 g/mol. The summed E-state index contributed by atoms with van der Waals surface area (Å²) in [6.45, 7) is 1.39. The third-order valence-corrected chi connectivity index (χ3v) is 3.38. The third kappa shape index (κ3) is 4.26. The van der Waals surface area contributed by atoms with Gasteiger partial charge in [0.2, 0.25) is 0 Å². The first-order valence-corrected chi connectivity index (χ1v) is 7.34. The Kier molecular flexibility index (Phi) is 5.58. The normalized spacial score (nSPS) is 11.1. The van der Waals surface area contributed by atoms with Gasteiger partial charge in [0, 0.05) is 0 Å². The fraction of sp³-hybridized carbons (Fsp3) is 0.167. The number of methoxy groups -OCH3 is 1. The molecule has 7 nitrogen and oxygen atoms in total. The smallest absolute Gasteiger partial charge is 0.342 e. The largest absolute Gasteiger partial charge is 0.507 e. The van der Waals surface area contributed by atoms with Gasteiger partial charge >= 0.3 is 5.97 Å². The van der Waals surface area contributed by atoms with Crippen LogP contribution in [0.5, 0.6) is 11.5 Å². The van der Waals surface area contributed by atoms with Gasteiger partial charge in [0.05, 0.1) is 18.4 Å². The average Bonchev–Trinajstić information content (AvgIpc) is 2.62. The zero-order valence-corrected chi connectivity index (χ0v) is 13.6. The van der Waals surface area contributed by atoms with Crippen molar-refractivity contribution in [2.45, 2.75) is 13.0 Å². The van der Waals surface area contributed by atoms with Crippen molar-refractivity contribution in [2.24, 2.45) is 0 Å². The van der Waals surface area contributed by atoms with Crippen molar-refractivity contribution in [3.8, 4) is 17.6 Å². The highest BCUT2D eigenvalue weighted by atomic mass is 16.5. The second-order valence-electron chi connectivity index (χ2n) is 5.08. The lowest BCUT2D eigenvalue weighted by atomic mass is 10.2. The van der Waals surface area contributed by atoms with E-state index in [0.29, 0.717) is 17.0 Å². The van der Waals surface area contributed by atoms with Crippen molar-refractivity contribution in [3.63, 3.8) is 0 Å². The number of nitrogens with zero attached hydrogens (tertiary/aromatic N) is 1. The number of anilines is 1. The molecular formula is C18H16N2O5. The maximum absolute atomic E-state index is 12.2. The topological polar surface area (TPSA) is 109 Å². The average molecular weight is 340 g/mol. The quantitative estimate of drug-likeness (QED) is 0.809. The number of carbonyl (C=O) groups is 2. The molecule has 0 bridgehead atoms. The minimum atomic E-state index is -1.13. The number of benzene rings is 2. The zero-order valence-electron chi connectivity index (χ0n) is 13.6. The van der Waals surface area contributed by atoms with Gasteiger partial charge in [0.25, 0.3) is 5.91 Å². The second kappa shape index (κ2) is 7.84. The third-order valence-electron chi connectivity index (χ3n) is 3.38. The predicted molar refractivity (Wildman–Crippen MR) is 89.3 cm³/mol. The van der Waals surface area contributed by atoms with Crippen LogP contribution < -0.4 is 10.1 Å². The lowest BCUT2D eigenvalue weighted by Crippen LogP contribution is -2.30. The molecule has 1 unspecified atom stereocenters. The van der Waals surface area contributed by atoms with Crippen LogP contribution in [0.1, 0.15) is 22.8 Å². The number of phenolic OH excluding ortho intramolecular Hbond substituents is 1. The first kappa shape index (κ1) is 17.8. The van der Waals surface area contributed by atoms with Crippen LogP contribution in [-0.2, 0) is 9.53 Å². The molecule has 0 fully saturated rings. The van der Waals surface area contributed by atoms with Gasteiger partial charge in [-0.05, 0) is 37.3 Å². The molecule has 1 atom stereocenters. The molecule has 2 rings (SSSR count). The Balaban J connectivity index is 2.08. The Hall–Kier alpha value is -3.53. The molecule has 0 aliphatic heterocycles. The Morgan fingerprint density at radius 2 is 1.96 bits per heavy atom. The molecule has 2 aromatic carbocycles. The zero-order chi connectivity index (χ0) is 18.4. The van der Waals surface area contributed by atoms with Gasteiger partial charge in [-0.25, -0.2) is 4.79 Å². The molecule has 7 heteroatoms. The fourth-order valence-electron chi connectivity index (χ4n) is 2.01. The summed E-state index contributed by atoms with van der Waals surface area (Å²) in [5.74, 6) is -1.39. The minimum Gasteiger partial charge on any atom is -0.507 e. The number of para-hydroxylation sites is 1. The second-order valence-corrected chi connectivity index (χ2v) is 5.08. The minimum absolute atomic E-state index is 0.114. The molecule has 0 saturated carbocycles. The summed E-state index contributed by atoms with van der Waals surface area (Å²) in [6, 6.07) is 12.5. The number of phenols is 1. The van der Waals surface area contributed by atoms with E-state index >= 15 is 0 Å². The molecule has 25 heavy (non-hydrogen) atoms. The molecule has 128 valence electrons. The Morgan fingerprint density at radius 1 is 1.24 bits per heavy atom. The van der Waals surface area contributed by atoms with E-state index < -0.39 is 18.0 Å². The van der Waals surface area contributed by atoms with E-state index in [1.54, 1.807) is 24.3 Å². The van der Waals surface area contributed by atoms with Crippen LogP contribution >= 0.6 is 0 Å². The number of nitriles is 1. The highest BCUT2D eigenvalue weighted by Gasteiger charge is 2.22. The molecule has 1 amide bonds. The van der Waals surface area contributed by atoms with Crippen molar-refractivity contribution in [3.05, 3.63) is 53.6 Å². The van der Waals surface area contributed by atoms with Gasteiger partial charge in [0.1, 0.15) is 23.1 Å². The summed E-state index contributed by atoms with van der Waals surface area (Å²) in [7, 11) is 1.42. The van der Waals surface area contributed by atoms with E-state index in [1.165, 1.54) is 32.2 Å². The number of aromatic hydroxyl groups is 1. The molecular weight excluding hydrogens is 324 g/mol. The van der Waals surface area contributed by atoms with E-state index in [-0.39, 0.29) is 11.3 Å².